The largest absolute Gasteiger partial charge is 0.492 e. The number of nitrogens with two attached hydrogens (primary N) is 1. The molecule has 0 aliphatic rings. The molecule has 1 atom stereocenters. The maximum atomic E-state index is 12.8. The lowest BCUT2D eigenvalue weighted by Gasteiger charge is -2.17. The van der Waals surface area contributed by atoms with Crippen molar-refractivity contribution < 1.29 is 14.3 Å². The lowest BCUT2D eigenvalue weighted by Crippen LogP contribution is -2.22. The Kier molecular flexibility index (Phi) is 6.41. The number of aryl methyl sites for hydroxylation is 1. The predicted molar refractivity (Wildman–Crippen MR) is 108 cm³/mol. The zero-order chi connectivity index (χ0) is 19.9. The molecule has 1 heterocycles. The second-order valence-corrected chi connectivity index (χ2v) is 6.20. The van der Waals surface area contributed by atoms with E-state index in [1.165, 1.54) is 7.11 Å². The molecule has 7 heteroatoms. The molecule has 1 aromatic heterocycles. The van der Waals surface area contributed by atoms with Gasteiger partial charge >= 0.3 is 0 Å². The number of nitrogens with zero attached hydrogens (tertiary/aromatic N) is 2. The average Bonchev–Trinajstić information content (AvgIpc) is 3.14. The third kappa shape index (κ3) is 4.39. The second-order valence-electron chi connectivity index (χ2n) is 6.20. The van der Waals surface area contributed by atoms with Crippen molar-refractivity contribution in [3.63, 3.8) is 0 Å². The number of carbonyl (C=O) groups excluding carboxylic acids is 1. The third-order valence-corrected chi connectivity index (χ3v) is 4.30. The van der Waals surface area contributed by atoms with Crippen molar-refractivity contribution in [3.8, 4) is 17.0 Å². The molecule has 0 bridgehead atoms. The van der Waals surface area contributed by atoms with Crippen LogP contribution in [0.1, 0.15) is 11.7 Å². The summed E-state index contributed by atoms with van der Waals surface area (Å²) in [6, 6.07) is 16.7. The number of rotatable bonds is 8. The van der Waals surface area contributed by atoms with Gasteiger partial charge in [0.05, 0.1) is 5.69 Å². The molecule has 28 heavy (non-hydrogen) atoms. The Labute approximate surface area is 164 Å². The van der Waals surface area contributed by atoms with Gasteiger partial charge in [-0.05, 0) is 29.8 Å². The Hall–Kier alpha value is -3.16. The van der Waals surface area contributed by atoms with Gasteiger partial charge in [-0.3, -0.25) is 9.48 Å². The molecule has 3 rings (SSSR count). The predicted octanol–water partition coefficient (Wildman–Crippen LogP) is 2.75. The van der Waals surface area contributed by atoms with Crippen LogP contribution in [0.2, 0.25) is 0 Å². The quantitative estimate of drug-likeness (QED) is 0.627. The minimum atomic E-state index is -0.700. The van der Waals surface area contributed by atoms with E-state index in [1.807, 2.05) is 55.6 Å². The first-order chi connectivity index (χ1) is 13.6. The molecule has 0 unspecified atom stereocenters. The molecule has 0 aliphatic heterocycles. The highest BCUT2D eigenvalue weighted by atomic mass is 16.5. The van der Waals surface area contributed by atoms with Crippen molar-refractivity contribution in [3.05, 3.63) is 66.4 Å². The minimum absolute atomic E-state index is 0.250. The Morgan fingerprint density at radius 3 is 2.64 bits per heavy atom. The van der Waals surface area contributed by atoms with Crippen LogP contribution in [-0.4, -0.2) is 35.9 Å². The molecule has 0 aliphatic carbocycles. The van der Waals surface area contributed by atoms with E-state index in [9.17, 15) is 4.79 Å². The van der Waals surface area contributed by atoms with Crippen LogP contribution in [0.15, 0.2) is 60.8 Å². The summed E-state index contributed by atoms with van der Waals surface area (Å²) in [4.78, 5) is 12.8. The number of benzene rings is 2. The van der Waals surface area contributed by atoms with Crippen molar-refractivity contribution in [1.29, 1.82) is 0 Å². The normalized spacial score (nSPS) is 11.8. The van der Waals surface area contributed by atoms with E-state index in [-0.39, 0.29) is 5.91 Å². The van der Waals surface area contributed by atoms with Gasteiger partial charge in [0, 0.05) is 38.1 Å². The SMILES string of the molecule is CO[C@H](C(=O)Nc1ccc(OCCN)c(-c2ccnn2C)c1)c1ccccc1. The Balaban J connectivity index is 1.88. The lowest BCUT2D eigenvalue weighted by molar-refractivity contribution is -0.126. The highest BCUT2D eigenvalue weighted by Crippen LogP contribution is 2.33. The smallest absolute Gasteiger partial charge is 0.258 e. The van der Waals surface area contributed by atoms with Crippen LogP contribution in [-0.2, 0) is 16.6 Å². The van der Waals surface area contributed by atoms with E-state index in [4.69, 9.17) is 15.2 Å². The minimum Gasteiger partial charge on any atom is -0.492 e. The van der Waals surface area contributed by atoms with Crippen molar-refractivity contribution in [2.45, 2.75) is 6.10 Å². The molecule has 146 valence electrons. The van der Waals surface area contributed by atoms with Gasteiger partial charge in [0.1, 0.15) is 12.4 Å². The van der Waals surface area contributed by atoms with Crippen molar-refractivity contribution >= 4 is 11.6 Å². The molecule has 2 aromatic carbocycles. The molecule has 0 saturated carbocycles. The standard InChI is InChI=1S/C21H24N4O3/c1-25-18(10-12-23-25)17-14-16(8-9-19(17)28-13-11-22)24-21(26)20(27-2)15-6-4-3-5-7-15/h3-10,12,14,20H,11,13,22H2,1-2H3,(H,24,26)/t20-/m0/s1. The van der Waals surface area contributed by atoms with E-state index in [0.717, 1.165) is 16.8 Å². The van der Waals surface area contributed by atoms with Gasteiger partial charge < -0.3 is 20.5 Å². The van der Waals surface area contributed by atoms with Gasteiger partial charge in [0.15, 0.2) is 6.10 Å². The fourth-order valence-electron chi connectivity index (χ4n) is 2.97. The maximum Gasteiger partial charge on any atom is 0.258 e. The van der Waals surface area contributed by atoms with Gasteiger partial charge in [0.25, 0.3) is 5.91 Å². The van der Waals surface area contributed by atoms with Gasteiger partial charge in [-0.1, -0.05) is 30.3 Å². The summed E-state index contributed by atoms with van der Waals surface area (Å²) in [6.45, 7) is 0.812. The van der Waals surface area contributed by atoms with Gasteiger partial charge in [0.2, 0.25) is 0 Å². The van der Waals surface area contributed by atoms with E-state index >= 15 is 0 Å². The summed E-state index contributed by atoms with van der Waals surface area (Å²) >= 11 is 0. The number of hydrogen-bond donors (Lipinski definition) is 2. The van der Waals surface area contributed by atoms with Gasteiger partial charge in [-0.25, -0.2) is 0 Å². The molecule has 1 amide bonds. The number of hydrogen-bond acceptors (Lipinski definition) is 5. The molecule has 0 radical (unpaired) electrons. The lowest BCUT2D eigenvalue weighted by atomic mass is 10.1. The molecular weight excluding hydrogens is 356 g/mol. The maximum absolute atomic E-state index is 12.8. The Morgan fingerprint density at radius 1 is 1.21 bits per heavy atom. The van der Waals surface area contributed by atoms with E-state index in [1.54, 1.807) is 16.9 Å². The molecule has 0 saturated heterocycles. The topological polar surface area (TPSA) is 91.4 Å². The monoisotopic (exact) mass is 380 g/mol. The summed E-state index contributed by atoms with van der Waals surface area (Å²) in [5.41, 5.74) is 8.68. The molecule has 3 aromatic rings. The zero-order valence-electron chi connectivity index (χ0n) is 16.0. The summed E-state index contributed by atoms with van der Waals surface area (Å²) in [5.74, 6) is 0.429. The molecule has 0 spiro atoms. The molecule has 7 nitrogen and oxygen atoms in total. The van der Waals surface area contributed by atoms with Crippen LogP contribution in [0.3, 0.4) is 0 Å². The summed E-state index contributed by atoms with van der Waals surface area (Å²) in [7, 11) is 3.37. The average molecular weight is 380 g/mol. The fourth-order valence-corrected chi connectivity index (χ4v) is 2.97. The highest BCUT2D eigenvalue weighted by Gasteiger charge is 2.20. The van der Waals surface area contributed by atoms with E-state index in [0.29, 0.717) is 24.6 Å². The summed E-state index contributed by atoms with van der Waals surface area (Å²) in [6.07, 6.45) is 1.01. The number of amides is 1. The summed E-state index contributed by atoms with van der Waals surface area (Å²) < 4.78 is 12.9. The van der Waals surface area contributed by atoms with Crippen LogP contribution >= 0.6 is 0 Å². The molecule has 3 N–H and O–H groups in total. The molecular formula is C21H24N4O3. The van der Waals surface area contributed by atoms with Crippen LogP contribution in [0.4, 0.5) is 5.69 Å². The number of anilines is 1. The highest BCUT2D eigenvalue weighted by molar-refractivity contribution is 5.95. The Morgan fingerprint density at radius 2 is 2.00 bits per heavy atom. The Bertz CT molecular complexity index is 924. The number of methoxy groups -OCH3 is 1. The third-order valence-electron chi connectivity index (χ3n) is 4.30. The molecule has 0 fully saturated rings. The first-order valence-electron chi connectivity index (χ1n) is 8.98. The first kappa shape index (κ1) is 19.6. The second kappa shape index (κ2) is 9.16. The van der Waals surface area contributed by atoms with Crippen molar-refractivity contribution in [2.24, 2.45) is 12.8 Å². The van der Waals surface area contributed by atoms with Crippen LogP contribution in [0, 0.1) is 0 Å². The van der Waals surface area contributed by atoms with E-state index < -0.39 is 6.10 Å². The van der Waals surface area contributed by atoms with Gasteiger partial charge in [-0.15, -0.1) is 0 Å². The first-order valence-corrected chi connectivity index (χ1v) is 8.98. The zero-order valence-corrected chi connectivity index (χ0v) is 16.0. The summed E-state index contributed by atoms with van der Waals surface area (Å²) in [5, 5.41) is 7.14. The van der Waals surface area contributed by atoms with Crippen LogP contribution < -0.4 is 15.8 Å². The van der Waals surface area contributed by atoms with Crippen molar-refractivity contribution in [1.82, 2.24) is 9.78 Å². The number of nitrogens with one attached hydrogen (secondary N) is 1. The number of carbonyl (C=O) groups is 1. The van der Waals surface area contributed by atoms with Gasteiger partial charge in [-0.2, -0.15) is 5.10 Å². The fraction of sp³-hybridized carbons (Fsp3) is 0.238. The van der Waals surface area contributed by atoms with Crippen LogP contribution in [0.5, 0.6) is 5.75 Å². The number of aromatic nitrogens is 2. The number of ether oxygens (including phenoxy) is 2. The van der Waals surface area contributed by atoms with Crippen LogP contribution in [0.25, 0.3) is 11.3 Å². The van der Waals surface area contributed by atoms with E-state index in [2.05, 4.69) is 10.4 Å². The van der Waals surface area contributed by atoms with Crippen molar-refractivity contribution in [2.75, 3.05) is 25.6 Å².